The van der Waals surface area contributed by atoms with Gasteiger partial charge in [0.05, 0.1) is 0 Å². The summed E-state index contributed by atoms with van der Waals surface area (Å²) in [6, 6.07) is 8.95. The summed E-state index contributed by atoms with van der Waals surface area (Å²) in [6.45, 7) is 4.24. The minimum absolute atomic E-state index is 0.0499. The third-order valence-electron chi connectivity index (χ3n) is 3.27. The van der Waals surface area contributed by atoms with Gasteiger partial charge in [0.1, 0.15) is 5.75 Å². The van der Waals surface area contributed by atoms with Crippen molar-refractivity contribution in [3.8, 4) is 5.75 Å². The molecule has 2 aromatic rings. The molecule has 3 nitrogen and oxygen atoms in total. The molecule has 0 aromatic heterocycles. The van der Waals surface area contributed by atoms with E-state index in [0.717, 1.165) is 21.2 Å². The van der Waals surface area contributed by atoms with Crippen LogP contribution in [-0.4, -0.2) is 12.5 Å². The highest BCUT2D eigenvalue weighted by Gasteiger charge is 2.07. The average molecular weight is 417 g/mol. The van der Waals surface area contributed by atoms with Crippen LogP contribution in [0.3, 0.4) is 0 Å². The minimum atomic E-state index is -0.214. The van der Waals surface area contributed by atoms with E-state index >= 15 is 0 Å². The number of aryl methyl sites for hydroxylation is 2. The number of nitrogens with one attached hydrogen (secondary N) is 1. The molecular formula is C17H16BrCl2NO2. The van der Waals surface area contributed by atoms with Crippen molar-refractivity contribution in [1.29, 1.82) is 0 Å². The second-order valence-corrected chi connectivity index (χ2v) is 6.81. The van der Waals surface area contributed by atoms with Crippen molar-refractivity contribution in [2.24, 2.45) is 0 Å². The summed E-state index contributed by atoms with van der Waals surface area (Å²) in [5, 5.41) is 3.86. The van der Waals surface area contributed by atoms with Gasteiger partial charge in [-0.1, -0.05) is 45.2 Å². The second-order valence-electron chi connectivity index (χ2n) is 5.17. The Morgan fingerprint density at radius 3 is 2.43 bits per heavy atom. The van der Waals surface area contributed by atoms with E-state index in [2.05, 4.69) is 21.2 Å². The molecule has 0 saturated heterocycles. The van der Waals surface area contributed by atoms with Gasteiger partial charge in [-0.15, -0.1) is 0 Å². The first-order valence-corrected chi connectivity index (χ1v) is 8.52. The monoisotopic (exact) mass is 415 g/mol. The molecule has 0 aliphatic carbocycles. The largest absolute Gasteiger partial charge is 0.484 e. The number of halogens is 3. The van der Waals surface area contributed by atoms with Gasteiger partial charge in [-0.25, -0.2) is 0 Å². The summed E-state index contributed by atoms with van der Waals surface area (Å²) in [4.78, 5) is 11.9. The standard InChI is InChI=1S/C17H16BrCl2NO2/c1-10-5-14(6-11(2)17(10)18)23-9-16(22)21-8-12-3-4-13(19)7-15(12)20/h3-7H,8-9H2,1-2H3,(H,21,22). The Balaban J connectivity index is 1.88. The molecule has 1 amide bonds. The van der Waals surface area contributed by atoms with Crippen molar-refractivity contribution >= 4 is 45.0 Å². The van der Waals surface area contributed by atoms with Crippen LogP contribution in [0.25, 0.3) is 0 Å². The maximum absolute atomic E-state index is 11.9. The number of ether oxygens (including phenoxy) is 1. The van der Waals surface area contributed by atoms with Crippen molar-refractivity contribution in [3.63, 3.8) is 0 Å². The van der Waals surface area contributed by atoms with Crippen molar-refractivity contribution in [3.05, 3.63) is 61.5 Å². The Bertz CT molecular complexity index is 712. The minimum Gasteiger partial charge on any atom is -0.484 e. The zero-order valence-electron chi connectivity index (χ0n) is 12.8. The Morgan fingerprint density at radius 1 is 1.17 bits per heavy atom. The predicted octanol–water partition coefficient (Wildman–Crippen LogP) is 5.07. The molecular weight excluding hydrogens is 401 g/mol. The summed E-state index contributed by atoms with van der Waals surface area (Å²) in [5.74, 6) is 0.456. The van der Waals surface area contributed by atoms with Crippen LogP contribution in [0.5, 0.6) is 5.75 Å². The maximum atomic E-state index is 11.9. The molecule has 0 atom stereocenters. The maximum Gasteiger partial charge on any atom is 0.258 e. The van der Waals surface area contributed by atoms with Gasteiger partial charge in [-0.2, -0.15) is 0 Å². The molecule has 0 aliphatic rings. The van der Waals surface area contributed by atoms with Crippen molar-refractivity contribution < 1.29 is 9.53 Å². The summed E-state index contributed by atoms with van der Waals surface area (Å²) < 4.78 is 6.58. The second kappa shape index (κ2) is 8.04. The summed E-state index contributed by atoms with van der Waals surface area (Å²) in [5.41, 5.74) is 2.93. The van der Waals surface area contributed by atoms with E-state index in [1.807, 2.05) is 26.0 Å². The molecule has 1 N–H and O–H groups in total. The Labute approximate surface area is 154 Å². The van der Waals surface area contributed by atoms with Crippen LogP contribution in [0.4, 0.5) is 0 Å². The first kappa shape index (κ1) is 18.1. The summed E-state index contributed by atoms with van der Waals surface area (Å²) in [6.07, 6.45) is 0. The van der Waals surface area contributed by atoms with Gasteiger partial charge in [-0.05, 0) is 54.8 Å². The zero-order valence-corrected chi connectivity index (χ0v) is 15.8. The molecule has 0 saturated carbocycles. The highest BCUT2D eigenvalue weighted by molar-refractivity contribution is 9.10. The Morgan fingerprint density at radius 2 is 1.83 bits per heavy atom. The number of rotatable bonds is 5. The molecule has 0 fully saturated rings. The average Bonchev–Trinajstić information content (AvgIpc) is 2.49. The van der Waals surface area contributed by atoms with E-state index < -0.39 is 0 Å². The van der Waals surface area contributed by atoms with Crippen molar-refractivity contribution in [1.82, 2.24) is 5.32 Å². The zero-order chi connectivity index (χ0) is 17.0. The topological polar surface area (TPSA) is 38.3 Å². The summed E-state index contributed by atoms with van der Waals surface area (Å²) >= 11 is 15.4. The molecule has 0 heterocycles. The fourth-order valence-electron chi connectivity index (χ4n) is 2.05. The van der Waals surface area contributed by atoms with Crippen LogP contribution < -0.4 is 10.1 Å². The molecule has 2 rings (SSSR count). The number of benzene rings is 2. The Hall–Kier alpha value is -1.23. The highest BCUT2D eigenvalue weighted by Crippen LogP contribution is 2.26. The summed E-state index contributed by atoms with van der Waals surface area (Å²) in [7, 11) is 0. The van der Waals surface area contributed by atoms with Gasteiger partial charge in [0.25, 0.3) is 5.91 Å². The first-order valence-electron chi connectivity index (χ1n) is 6.97. The Kier molecular flexibility index (Phi) is 6.33. The molecule has 0 spiro atoms. The molecule has 122 valence electrons. The number of carbonyl (C=O) groups is 1. The molecule has 0 aliphatic heterocycles. The first-order chi connectivity index (χ1) is 10.9. The van der Waals surface area contributed by atoms with Gasteiger partial charge in [0.2, 0.25) is 0 Å². The quantitative estimate of drug-likeness (QED) is 0.738. The van der Waals surface area contributed by atoms with E-state index in [1.54, 1.807) is 18.2 Å². The lowest BCUT2D eigenvalue weighted by Gasteiger charge is -2.11. The van der Waals surface area contributed by atoms with Gasteiger partial charge >= 0.3 is 0 Å². The number of amides is 1. The van der Waals surface area contributed by atoms with Gasteiger partial charge in [0, 0.05) is 21.1 Å². The van der Waals surface area contributed by atoms with Gasteiger partial charge in [-0.3, -0.25) is 4.79 Å². The normalized spacial score (nSPS) is 10.5. The lowest BCUT2D eigenvalue weighted by Crippen LogP contribution is -2.28. The van der Waals surface area contributed by atoms with E-state index in [4.69, 9.17) is 27.9 Å². The fourth-order valence-corrected chi connectivity index (χ4v) is 2.75. The lowest BCUT2D eigenvalue weighted by atomic mass is 10.1. The van der Waals surface area contributed by atoms with Crippen LogP contribution in [0, 0.1) is 13.8 Å². The van der Waals surface area contributed by atoms with E-state index in [0.29, 0.717) is 22.3 Å². The van der Waals surface area contributed by atoms with Gasteiger partial charge < -0.3 is 10.1 Å². The number of carbonyl (C=O) groups excluding carboxylic acids is 1. The molecule has 2 aromatic carbocycles. The molecule has 23 heavy (non-hydrogen) atoms. The molecule has 0 radical (unpaired) electrons. The van der Waals surface area contributed by atoms with Gasteiger partial charge in [0.15, 0.2) is 6.61 Å². The van der Waals surface area contributed by atoms with Crippen molar-refractivity contribution in [2.75, 3.05) is 6.61 Å². The number of hydrogen-bond donors (Lipinski definition) is 1. The van der Waals surface area contributed by atoms with Crippen LogP contribution in [0.1, 0.15) is 16.7 Å². The predicted molar refractivity (Wildman–Crippen MR) is 97.4 cm³/mol. The third-order valence-corrected chi connectivity index (χ3v) is 5.11. The van der Waals surface area contributed by atoms with Crippen LogP contribution in [0.15, 0.2) is 34.8 Å². The molecule has 0 unspecified atom stereocenters. The van der Waals surface area contributed by atoms with Crippen molar-refractivity contribution in [2.45, 2.75) is 20.4 Å². The lowest BCUT2D eigenvalue weighted by molar-refractivity contribution is -0.123. The highest BCUT2D eigenvalue weighted by atomic mass is 79.9. The van der Waals surface area contributed by atoms with E-state index in [9.17, 15) is 4.79 Å². The number of hydrogen-bond acceptors (Lipinski definition) is 2. The molecule has 6 heteroatoms. The smallest absolute Gasteiger partial charge is 0.258 e. The van der Waals surface area contributed by atoms with Crippen LogP contribution in [-0.2, 0) is 11.3 Å². The fraction of sp³-hybridized carbons (Fsp3) is 0.235. The van der Waals surface area contributed by atoms with Crippen LogP contribution >= 0.6 is 39.1 Å². The van der Waals surface area contributed by atoms with E-state index in [-0.39, 0.29) is 12.5 Å². The third kappa shape index (κ3) is 5.13. The SMILES string of the molecule is Cc1cc(OCC(=O)NCc2ccc(Cl)cc2Cl)cc(C)c1Br. The van der Waals surface area contributed by atoms with Crippen LogP contribution in [0.2, 0.25) is 10.0 Å². The molecule has 0 bridgehead atoms. The van der Waals surface area contributed by atoms with E-state index in [1.165, 1.54) is 0 Å².